The molecule has 0 atom stereocenters. The average Bonchev–Trinajstić information content (AvgIpc) is 2.34. The third-order valence-electron chi connectivity index (χ3n) is 2.70. The lowest BCUT2D eigenvalue weighted by atomic mass is 10.2. The van der Waals surface area contributed by atoms with Crippen molar-refractivity contribution in [1.29, 1.82) is 5.26 Å². The van der Waals surface area contributed by atoms with Gasteiger partial charge in [0.15, 0.2) is 5.43 Å². The molecule has 0 amide bonds. The molecule has 2 aromatic rings. The first-order chi connectivity index (χ1) is 8.63. The second-order valence-corrected chi connectivity index (χ2v) is 4.81. The van der Waals surface area contributed by atoms with Crippen molar-refractivity contribution in [3.05, 3.63) is 62.5 Å². The monoisotopic (exact) mass is 302 g/mol. The summed E-state index contributed by atoms with van der Waals surface area (Å²) in [5.74, 6) is 0. The van der Waals surface area contributed by atoms with Crippen LogP contribution in [-0.2, 0) is 6.42 Å². The van der Waals surface area contributed by atoms with E-state index in [1.807, 2.05) is 41.8 Å². The number of halogens is 1. The quantitative estimate of drug-likeness (QED) is 0.856. The van der Waals surface area contributed by atoms with E-state index in [-0.39, 0.29) is 11.8 Å². The molecule has 1 heterocycles. The van der Waals surface area contributed by atoms with Crippen molar-refractivity contribution in [2.24, 2.45) is 0 Å². The van der Waals surface area contributed by atoms with Crippen LogP contribution < -0.4 is 5.43 Å². The van der Waals surface area contributed by atoms with E-state index < -0.39 is 0 Å². The third-order valence-corrected chi connectivity index (χ3v) is 3.37. The van der Waals surface area contributed by atoms with Crippen LogP contribution in [0.4, 0.5) is 0 Å². The van der Waals surface area contributed by atoms with Crippen molar-refractivity contribution in [3.63, 3.8) is 0 Å². The Hall–Kier alpha value is -1.86. The summed E-state index contributed by atoms with van der Waals surface area (Å²) in [5, 5.41) is 8.72. The zero-order valence-electron chi connectivity index (χ0n) is 9.85. The largest absolute Gasteiger partial charge is 0.319 e. The predicted octanol–water partition coefficient (Wildman–Crippen LogP) is 2.97. The Morgan fingerprint density at radius 1 is 1.39 bits per heavy atom. The maximum absolute atomic E-state index is 11.7. The van der Waals surface area contributed by atoms with Crippen LogP contribution in [0.15, 0.2) is 45.8 Å². The van der Waals surface area contributed by atoms with E-state index in [1.165, 1.54) is 0 Å². The summed E-state index contributed by atoms with van der Waals surface area (Å²) in [5.41, 5.74) is 2.22. The molecule has 3 nitrogen and oxygen atoms in total. The molecule has 0 aliphatic carbocycles. The minimum atomic E-state index is -0.0858. The van der Waals surface area contributed by atoms with Crippen LogP contribution in [0.2, 0.25) is 0 Å². The highest BCUT2D eigenvalue weighted by molar-refractivity contribution is 9.10. The van der Waals surface area contributed by atoms with Gasteiger partial charge in [0.2, 0.25) is 0 Å². The summed E-state index contributed by atoms with van der Waals surface area (Å²) in [4.78, 5) is 11.7. The highest BCUT2D eigenvalue weighted by Crippen LogP contribution is 2.21. The molecule has 4 heteroatoms. The molecule has 1 aromatic heterocycles. The molecule has 90 valence electrons. The lowest BCUT2D eigenvalue weighted by Gasteiger charge is -2.13. The maximum atomic E-state index is 11.7. The number of benzene rings is 1. The smallest absolute Gasteiger partial charge is 0.186 e. The van der Waals surface area contributed by atoms with Crippen LogP contribution >= 0.6 is 15.9 Å². The van der Waals surface area contributed by atoms with E-state index in [4.69, 9.17) is 5.26 Å². The molecular formula is C14H11BrN2O. The normalized spacial score (nSPS) is 10.1. The van der Waals surface area contributed by atoms with Crippen LogP contribution in [0.5, 0.6) is 0 Å². The molecule has 0 fully saturated rings. The third kappa shape index (κ3) is 2.36. The van der Waals surface area contributed by atoms with Gasteiger partial charge in [-0.25, -0.2) is 0 Å². The molecule has 0 N–H and O–H groups in total. The van der Waals surface area contributed by atoms with E-state index in [0.717, 1.165) is 15.9 Å². The van der Waals surface area contributed by atoms with Gasteiger partial charge in [-0.1, -0.05) is 12.1 Å². The molecule has 0 spiro atoms. The molecule has 0 bridgehead atoms. The second-order valence-electron chi connectivity index (χ2n) is 3.96. The van der Waals surface area contributed by atoms with Gasteiger partial charge >= 0.3 is 0 Å². The fraction of sp³-hybridized carbons (Fsp3) is 0.143. The second kappa shape index (κ2) is 5.19. The molecule has 0 radical (unpaired) electrons. The first kappa shape index (κ1) is 12.6. The van der Waals surface area contributed by atoms with Gasteiger partial charge in [0.1, 0.15) is 0 Å². The van der Waals surface area contributed by atoms with E-state index in [2.05, 4.69) is 15.9 Å². The number of nitrogens with zero attached hydrogens (tertiary/aromatic N) is 2. The molecule has 1 aromatic carbocycles. The summed E-state index contributed by atoms with van der Waals surface area (Å²) in [7, 11) is 0. The van der Waals surface area contributed by atoms with Gasteiger partial charge in [0, 0.05) is 28.0 Å². The molecule has 0 aliphatic heterocycles. The number of hydrogen-bond donors (Lipinski definition) is 0. The molecule has 0 saturated heterocycles. The molecule has 0 aliphatic rings. The topological polar surface area (TPSA) is 45.8 Å². The van der Waals surface area contributed by atoms with Crippen molar-refractivity contribution in [2.45, 2.75) is 13.3 Å². The first-order valence-electron chi connectivity index (χ1n) is 5.47. The Morgan fingerprint density at radius 2 is 2.11 bits per heavy atom. The van der Waals surface area contributed by atoms with E-state index in [9.17, 15) is 4.79 Å². The van der Waals surface area contributed by atoms with Crippen LogP contribution in [0, 0.1) is 18.3 Å². The van der Waals surface area contributed by atoms with Crippen LogP contribution in [-0.4, -0.2) is 4.57 Å². The highest BCUT2D eigenvalue weighted by Gasteiger charge is 2.07. The van der Waals surface area contributed by atoms with Crippen LogP contribution in [0.3, 0.4) is 0 Å². The number of rotatable bonds is 2. The summed E-state index contributed by atoms with van der Waals surface area (Å²) < 4.78 is 2.86. The predicted molar refractivity (Wildman–Crippen MR) is 73.8 cm³/mol. The fourth-order valence-corrected chi connectivity index (χ4v) is 2.27. The Bertz CT molecular complexity index is 683. The molecule has 0 saturated carbocycles. The standard InChI is InChI=1S/C14H11BrN2O/c1-10-8-14(18)11(6-7-16)9-17(10)13-5-3-2-4-12(13)15/h2-5,8-9H,6H2,1H3. The Morgan fingerprint density at radius 3 is 2.78 bits per heavy atom. The zero-order valence-corrected chi connectivity index (χ0v) is 11.4. The SMILES string of the molecule is Cc1cc(=O)c(CC#N)cn1-c1ccccc1Br. The molecular weight excluding hydrogens is 292 g/mol. The fourth-order valence-electron chi connectivity index (χ4n) is 1.80. The maximum Gasteiger partial charge on any atom is 0.186 e. The Labute approximate surface area is 113 Å². The molecule has 18 heavy (non-hydrogen) atoms. The molecule has 0 unspecified atom stereocenters. The Balaban J connectivity index is 2.66. The van der Waals surface area contributed by atoms with Gasteiger partial charge in [-0.15, -0.1) is 0 Å². The lowest BCUT2D eigenvalue weighted by molar-refractivity contribution is 0.944. The minimum absolute atomic E-state index is 0.0858. The number of pyridine rings is 1. The van der Waals surface area contributed by atoms with E-state index in [0.29, 0.717) is 5.56 Å². The van der Waals surface area contributed by atoms with Crippen LogP contribution in [0.25, 0.3) is 5.69 Å². The molecule has 2 rings (SSSR count). The number of para-hydroxylation sites is 1. The van der Waals surface area contributed by atoms with E-state index in [1.54, 1.807) is 12.3 Å². The highest BCUT2D eigenvalue weighted by atomic mass is 79.9. The van der Waals surface area contributed by atoms with Crippen LogP contribution in [0.1, 0.15) is 11.3 Å². The first-order valence-corrected chi connectivity index (χ1v) is 6.27. The van der Waals surface area contributed by atoms with E-state index >= 15 is 0 Å². The van der Waals surface area contributed by atoms with Crippen molar-refractivity contribution in [2.75, 3.05) is 0 Å². The van der Waals surface area contributed by atoms with Gasteiger partial charge in [0.05, 0.1) is 18.2 Å². The minimum Gasteiger partial charge on any atom is -0.319 e. The number of aromatic nitrogens is 1. The number of aryl methyl sites for hydroxylation is 1. The van der Waals surface area contributed by atoms with Gasteiger partial charge in [0.25, 0.3) is 0 Å². The van der Waals surface area contributed by atoms with Crippen molar-refractivity contribution in [3.8, 4) is 11.8 Å². The summed E-state index contributed by atoms with van der Waals surface area (Å²) in [6, 6.07) is 11.3. The van der Waals surface area contributed by atoms with Gasteiger partial charge in [-0.3, -0.25) is 4.79 Å². The van der Waals surface area contributed by atoms with Gasteiger partial charge in [-0.2, -0.15) is 5.26 Å². The van der Waals surface area contributed by atoms with Gasteiger partial charge in [-0.05, 0) is 35.0 Å². The lowest BCUT2D eigenvalue weighted by Crippen LogP contribution is -2.14. The van der Waals surface area contributed by atoms with Crippen molar-refractivity contribution in [1.82, 2.24) is 4.57 Å². The Kier molecular flexibility index (Phi) is 3.63. The van der Waals surface area contributed by atoms with Crippen molar-refractivity contribution < 1.29 is 0 Å². The summed E-state index contributed by atoms with van der Waals surface area (Å²) in [6.07, 6.45) is 1.87. The zero-order chi connectivity index (χ0) is 13.1. The summed E-state index contributed by atoms with van der Waals surface area (Å²) in [6.45, 7) is 1.87. The summed E-state index contributed by atoms with van der Waals surface area (Å²) >= 11 is 3.49. The number of nitriles is 1. The van der Waals surface area contributed by atoms with Gasteiger partial charge < -0.3 is 4.57 Å². The average molecular weight is 303 g/mol. The van der Waals surface area contributed by atoms with Crippen molar-refractivity contribution >= 4 is 15.9 Å². The number of hydrogen-bond acceptors (Lipinski definition) is 2.